The second-order valence-electron chi connectivity index (χ2n) is 4.77. The predicted molar refractivity (Wildman–Crippen MR) is 60.7 cm³/mol. The van der Waals surface area contributed by atoms with Gasteiger partial charge in [-0.05, 0) is 19.9 Å². The molecule has 0 bridgehead atoms. The SMILES string of the molecule is CC(c1ccoc1)N1CC(C)(OCC(=O)O)C1. The molecule has 94 valence electrons. The molecular formula is C12H17NO4. The number of furan rings is 1. The predicted octanol–water partition coefficient (Wildman–Crippen LogP) is 1.52. The molecule has 0 amide bonds. The first-order valence-electron chi connectivity index (χ1n) is 5.62. The van der Waals surface area contributed by atoms with E-state index in [1.54, 1.807) is 12.5 Å². The monoisotopic (exact) mass is 239 g/mol. The van der Waals surface area contributed by atoms with E-state index in [0.29, 0.717) is 0 Å². The Balaban J connectivity index is 1.83. The van der Waals surface area contributed by atoms with Crippen molar-refractivity contribution in [1.29, 1.82) is 0 Å². The molecule has 2 rings (SSSR count). The summed E-state index contributed by atoms with van der Waals surface area (Å²) in [6.07, 6.45) is 3.39. The molecule has 0 aliphatic carbocycles. The number of hydrogen-bond acceptors (Lipinski definition) is 4. The maximum Gasteiger partial charge on any atom is 0.329 e. The quantitative estimate of drug-likeness (QED) is 0.844. The van der Waals surface area contributed by atoms with Crippen molar-refractivity contribution < 1.29 is 19.1 Å². The highest BCUT2D eigenvalue weighted by molar-refractivity contribution is 5.68. The van der Waals surface area contributed by atoms with Gasteiger partial charge in [-0.2, -0.15) is 0 Å². The molecule has 1 atom stereocenters. The summed E-state index contributed by atoms with van der Waals surface area (Å²) >= 11 is 0. The number of rotatable bonds is 5. The highest BCUT2D eigenvalue weighted by atomic mass is 16.5. The lowest BCUT2D eigenvalue weighted by Crippen LogP contribution is -2.62. The van der Waals surface area contributed by atoms with Crippen molar-refractivity contribution in [2.45, 2.75) is 25.5 Å². The number of aliphatic carboxylic acids is 1. The van der Waals surface area contributed by atoms with Crippen molar-refractivity contribution in [3.63, 3.8) is 0 Å². The highest BCUT2D eigenvalue weighted by Crippen LogP contribution is 2.32. The fourth-order valence-electron chi connectivity index (χ4n) is 2.14. The van der Waals surface area contributed by atoms with Gasteiger partial charge in [-0.3, -0.25) is 4.90 Å². The normalized spacial score (nSPS) is 20.8. The van der Waals surface area contributed by atoms with Gasteiger partial charge in [0.15, 0.2) is 0 Å². The van der Waals surface area contributed by atoms with Crippen LogP contribution in [0, 0.1) is 0 Å². The van der Waals surface area contributed by atoms with Crippen molar-refractivity contribution in [2.24, 2.45) is 0 Å². The first-order chi connectivity index (χ1) is 8.00. The minimum absolute atomic E-state index is 0.232. The Morgan fingerprint density at radius 3 is 2.94 bits per heavy atom. The number of carboxylic acid groups (broad SMARTS) is 1. The summed E-state index contributed by atoms with van der Waals surface area (Å²) in [5, 5.41) is 8.57. The van der Waals surface area contributed by atoms with Gasteiger partial charge in [0.1, 0.15) is 6.61 Å². The number of ether oxygens (including phenoxy) is 1. The number of carbonyl (C=O) groups is 1. The Morgan fingerprint density at radius 2 is 2.41 bits per heavy atom. The van der Waals surface area contributed by atoms with Gasteiger partial charge < -0.3 is 14.3 Å². The topological polar surface area (TPSA) is 62.9 Å². The van der Waals surface area contributed by atoms with E-state index in [2.05, 4.69) is 11.8 Å². The van der Waals surface area contributed by atoms with E-state index in [0.717, 1.165) is 18.7 Å². The Bertz CT molecular complexity index is 381. The average molecular weight is 239 g/mol. The third kappa shape index (κ3) is 2.68. The van der Waals surface area contributed by atoms with Crippen molar-refractivity contribution >= 4 is 5.97 Å². The maximum absolute atomic E-state index is 10.4. The summed E-state index contributed by atoms with van der Waals surface area (Å²) in [7, 11) is 0. The minimum Gasteiger partial charge on any atom is -0.480 e. The molecule has 0 saturated carbocycles. The van der Waals surface area contributed by atoms with Crippen LogP contribution >= 0.6 is 0 Å². The molecule has 2 heterocycles. The fourth-order valence-corrected chi connectivity index (χ4v) is 2.14. The standard InChI is InChI=1S/C12H17NO4/c1-9(10-3-4-16-5-10)13-7-12(2,8-13)17-6-11(14)15/h3-5,9H,6-8H2,1-2H3,(H,14,15). The van der Waals surface area contributed by atoms with Crippen molar-refractivity contribution in [1.82, 2.24) is 4.90 Å². The summed E-state index contributed by atoms with van der Waals surface area (Å²) in [5.41, 5.74) is 0.793. The Labute approximate surface area is 100.0 Å². The minimum atomic E-state index is -0.924. The summed E-state index contributed by atoms with van der Waals surface area (Å²) in [5.74, 6) is -0.924. The summed E-state index contributed by atoms with van der Waals surface area (Å²) < 4.78 is 10.4. The first kappa shape index (κ1) is 12.1. The third-order valence-electron chi connectivity index (χ3n) is 3.19. The van der Waals surface area contributed by atoms with Crippen LogP contribution in [0.15, 0.2) is 23.0 Å². The van der Waals surface area contributed by atoms with Gasteiger partial charge in [0.2, 0.25) is 0 Å². The van der Waals surface area contributed by atoms with Gasteiger partial charge in [0.25, 0.3) is 0 Å². The molecule has 1 saturated heterocycles. The van der Waals surface area contributed by atoms with Crippen LogP contribution < -0.4 is 0 Å². The van der Waals surface area contributed by atoms with Gasteiger partial charge in [0, 0.05) is 24.7 Å². The lowest BCUT2D eigenvalue weighted by Gasteiger charge is -2.49. The number of hydrogen-bond donors (Lipinski definition) is 1. The molecule has 1 aliphatic rings. The van der Waals surface area contributed by atoms with E-state index >= 15 is 0 Å². The molecule has 17 heavy (non-hydrogen) atoms. The van der Waals surface area contributed by atoms with E-state index in [-0.39, 0.29) is 18.2 Å². The largest absolute Gasteiger partial charge is 0.480 e. The third-order valence-corrected chi connectivity index (χ3v) is 3.19. The molecule has 0 radical (unpaired) electrons. The Kier molecular flexibility index (Phi) is 3.22. The molecular weight excluding hydrogens is 222 g/mol. The van der Waals surface area contributed by atoms with Crippen LogP contribution in [0.1, 0.15) is 25.5 Å². The zero-order chi connectivity index (χ0) is 12.5. The highest BCUT2D eigenvalue weighted by Gasteiger charge is 2.42. The number of nitrogens with zero attached hydrogens (tertiary/aromatic N) is 1. The molecule has 1 aromatic heterocycles. The molecule has 1 aliphatic heterocycles. The Hall–Kier alpha value is -1.33. The van der Waals surface area contributed by atoms with Gasteiger partial charge in [-0.1, -0.05) is 0 Å². The van der Waals surface area contributed by atoms with Crippen LogP contribution in [-0.4, -0.2) is 41.3 Å². The van der Waals surface area contributed by atoms with Crippen LogP contribution in [0.3, 0.4) is 0 Å². The summed E-state index contributed by atoms with van der Waals surface area (Å²) in [6.45, 7) is 5.29. The first-order valence-corrected chi connectivity index (χ1v) is 5.62. The lowest BCUT2D eigenvalue weighted by atomic mass is 9.93. The molecule has 1 aromatic rings. The summed E-state index contributed by atoms with van der Waals surface area (Å²) in [4.78, 5) is 12.7. The van der Waals surface area contributed by atoms with Crippen molar-refractivity contribution in [2.75, 3.05) is 19.7 Å². The molecule has 5 nitrogen and oxygen atoms in total. The molecule has 1 N–H and O–H groups in total. The van der Waals surface area contributed by atoms with Crippen LogP contribution in [0.25, 0.3) is 0 Å². The van der Waals surface area contributed by atoms with E-state index in [1.165, 1.54) is 0 Å². The zero-order valence-corrected chi connectivity index (χ0v) is 10.0. The molecule has 1 fully saturated rings. The van der Waals surface area contributed by atoms with Gasteiger partial charge in [-0.25, -0.2) is 4.79 Å². The Morgan fingerprint density at radius 1 is 1.71 bits per heavy atom. The van der Waals surface area contributed by atoms with E-state index in [1.807, 2.05) is 13.0 Å². The smallest absolute Gasteiger partial charge is 0.329 e. The van der Waals surface area contributed by atoms with Gasteiger partial charge in [0.05, 0.1) is 18.1 Å². The van der Waals surface area contributed by atoms with Crippen LogP contribution in [0.4, 0.5) is 0 Å². The molecule has 1 unspecified atom stereocenters. The number of carboxylic acids is 1. The van der Waals surface area contributed by atoms with Crippen LogP contribution in [-0.2, 0) is 9.53 Å². The zero-order valence-electron chi connectivity index (χ0n) is 10.0. The maximum atomic E-state index is 10.4. The average Bonchev–Trinajstić information content (AvgIpc) is 2.74. The number of likely N-dealkylation sites (tertiary alicyclic amines) is 1. The second-order valence-corrected chi connectivity index (χ2v) is 4.77. The van der Waals surface area contributed by atoms with E-state index < -0.39 is 5.97 Å². The molecule has 5 heteroatoms. The van der Waals surface area contributed by atoms with Crippen LogP contribution in [0.5, 0.6) is 0 Å². The molecule has 0 spiro atoms. The second kappa shape index (κ2) is 4.50. The lowest BCUT2D eigenvalue weighted by molar-refractivity contribution is -0.169. The van der Waals surface area contributed by atoms with Gasteiger partial charge in [-0.15, -0.1) is 0 Å². The summed E-state index contributed by atoms with van der Waals surface area (Å²) in [6, 6.07) is 2.22. The van der Waals surface area contributed by atoms with Gasteiger partial charge >= 0.3 is 5.97 Å². The molecule has 0 aromatic carbocycles. The van der Waals surface area contributed by atoms with Crippen LogP contribution in [0.2, 0.25) is 0 Å². The van der Waals surface area contributed by atoms with E-state index in [9.17, 15) is 4.79 Å². The van der Waals surface area contributed by atoms with Crippen molar-refractivity contribution in [3.8, 4) is 0 Å². The van der Waals surface area contributed by atoms with E-state index in [4.69, 9.17) is 14.3 Å². The van der Waals surface area contributed by atoms with Crippen molar-refractivity contribution in [3.05, 3.63) is 24.2 Å². The fraction of sp³-hybridized carbons (Fsp3) is 0.583.